The van der Waals surface area contributed by atoms with Crippen molar-refractivity contribution in [3.05, 3.63) is 71.3 Å². The van der Waals surface area contributed by atoms with Gasteiger partial charge in [-0.05, 0) is 84.6 Å². The molecular formula is C26H30Cl2N4O2. The van der Waals surface area contributed by atoms with Gasteiger partial charge in [0.25, 0.3) is 0 Å². The van der Waals surface area contributed by atoms with Crippen LogP contribution in [0.3, 0.4) is 0 Å². The molecule has 2 heterocycles. The number of nitrogens with zero attached hydrogens (tertiary/aromatic N) is 1. The van der Waals surface area contributed by atoms with E-state index in [1.165, 1.54) is 0 Å². The Morgan fingerprint density at radius 1 is 1.03 bits per heavy atom. The van der Waals surface area contributed by atoms with E-state index < -0.39 is 0 Å². The van der Waals surface area contributed by atoms with Crippen LogP contribution in [-0.2, 0) is 11.2 Å². The Kier molecular flexibility index (Phi) is 8.08. The topological polar surface area (TPSA) is 91.4 Å². The van der Waals surface area contributed by atoms with Crippen LogP contribution in [0.5, 0.6) is 5.75 Å². The van der Waals surface area contributed by atoms with E-state index in [0.717, 1.165) is 65.7 Å². The summed E-state index contributed by atoms with van der Waals surface area (Å²) < 4.78 is 6.24. The molecule has 1 amide bonds. The maximum atomic E-state index is 12.6. The molecule has 5 rings (SSSR count). The third-order valence-corrected chi connectivity index (χ3v) is 6.52. The van der Waals surface area contributed by atoms with E-state index in [-0.39, 0.29) is 48.7 Å². The van der Waals surface area contributed by atoms with Gasteiger partial charge in [-0.2, -0.15) is 0 Å². The predicted molar refractivity (Wildman–Crippen MR) is 142 cm³/mol. The average Bonchev–Trinajstić information content (AvgIpc) is 3.18. The molecule has 1 saturated heterocycles. The zero-order chi connectivity index (χ0) is 22.2. The Morgan fingerprint density at radius 3 is 2.47 bits per heavy atom. The van der Waals surface area contributed by atoms with E-state index >= 15 is 0 Å². The van der Waals surface area contributed by atoms with E-state index in [1.54, 1.807) is 6.92 Å². The number of benzene rings is 3. The molecule has 180 valence electrons. The Bertz CT molecular complexity index is 1210. The number of hydrogen-bond acceptors (Lipinski definition) is 4. The number of nitrogens with two attached hydrogens (primary N) is 1. The predicted octanol–water partition coefficient (Wildman–Crippen LogP) is 4.75. The minimum atomic E-state index is -0.0676. The van der Waals surface area contributed by atoms with Gasteiger partial charge in [-0.1, -0.05) is 24.3 Å². The molecule has 0 saturated carbocycles. The number of nitrogens with one attached hydrogen (secondary N) is 2. The SMILES string of the molecule is CC(=O)N1c2ccc(OC3CCNCC3)cc2CC1c1ccc2ccc(C(=N)N)cc2c1.Cl.Cl. The molecule has 34 heavy (non-hydrogen) atoms. The number of halogens is 2. The Hall–Kier alpha value is -2.80. The van der Waals surface area contributed by atoms with Gasteiger partial charge in [-0.15, -0.1) is 24.8 Å². The summed E-state index contributed by atoms with van der Waals surface area (Å²) in [5.74, 6) is 0.958. The van der Waals surface area contributed by atoms with Crippen molar-refractivity contribution < 1.29 is 9.53 Å². The molecule has 0 radical (unpaired) electrons. The van der Waals surface area contributed by atoms with Crippen molar-refractivity contribution in [2.75, 3.05) is 18.0 Å². The number of anilines is 1. The fraction of sp³-hybridized carbons (Fsp3) is 0.308. The first-order valence-electron chi connectivity index (χ1n) is 11.2. The van der Waals surface area contributed by atoms with Gasteiger partial charge in [-0.25, -0.2) is 0 Å². The zero-order valence-electron chi connectivity index (χ0n) is 19.0. The second-order valence-corrected chi connectivity index (χ2v) is 8.70. The van der Waals surface area contributed by atoms with Gasteiger partial charge in [-0.3, -0.25) is 10.2 Å². The monoisotopic (exact) mass is 500 g/mol. The third-order valence-electron chi connectivity index (χ3n) is 6.52. The normalized spacial score (nSPS) is 17.4. The molecule has 0 aromatic heterocycles. The summed E-state index contributed by atoms with van der Waals surface area (Å²) in [6.45, 7) is 3.60. The zero-order valence-corrected chi connectivity index (χ0v) is 20.7. The summed E-state index contributed by atoms with van der Waals surface area (Å²) in [5.41, 5.74) is 9.55. The van der Waals surface area contributed by atoms with Crippen molar-refractivity contribution in [3.8, 4) is 5.75 Å². The molecule has 8 heteroatoms. The van der Waals surface area contributed by atoms with Crippen LogP contribution in [0.25, 0.3) is 10.8 Å². The summed E-state index contributed by atoms with van der Waals surface area (Å²) in [5, 5.41) is 13.2. The first kappa shape index (κ1) is 25.8. The molecule has 0 bridgehead atoms. The largest absolute Gasteiger partial charge is 0.490 e. The molecule has 6 nitrogen and oxygen atoms in total. The molecule has 0 aliphatic carbocycles. The van der Waals surface area contributed by atoms with E-state index in [0.29, 0.717) is 5.56 Å². The maximum absolute atomic E-state index is 12.6. The number of hydrogen-bond donors (Lipinski definition) is 3. The number of piperidine rings is 1. The van der Waals surface area contributed by atoms with Crippen LogP contribution < -0.4 is 20.7 Å². The second-order valence-electron chi connectivity index (χ2n) is 8.70. The Morgan fingerprint density at radius 2 is 1.76 bits per heavy atom. The van der Waals surface area contributed by atoms with Crippen LogP contribution in [0.4, 0.5) is 5.69 Å². The van der Waals surface area contributed by atoms with Crippen LogP contribution >= 0.6 is 24.8 Å². The molecule has 1 fully saturated rings. The molecule has 4 N–H and O–H groups in total. The second kappa shape index (κ2) is 10.6. The lowest BCUT2D eigenvalue weighted by Crippen LogP contribution is -2.34. The molecular weight excluding hydrogens is 471 g/mol. The number of carbonyl (C=O) groups is 1. The van der Waals surface area contributed by atoms with Gasteiger partial charge in [0.15, 0.2) is 0 Å². The van der Waals surface area contributed by atoms with Gasteiger partial charge < -0.3 is 20.7 Å². The van der Waals surface area contributed by atoms with Crippen molar-refractivity contribution in [3.63, 3.8) is 0 Å². The Balaban J connectivity index is 0.00000162. The first-order chi connectivity index (χ1) is 15.5. The number of rotatable bonds is 4. The first-order valence-corrected chi connectivity index (χ1v) is 11.2. The number of fused-ring (bicyclic) bond motifs is 2. The van der Waals surface area contributed by atoms with E-state index in [1.807, 2.05) is 35.2 Å². The van der Waals surface area contributed by atoms with Crippen molar-refractivity contribution in [1.82, 2.24) is 5.32 Å². The van der Waals surface area contributed by atoms with Crippen LogP contribution in [0.15, 0.2) is 54.6 Å². The number of ether oxygens (including phenoxy) is 1. The number of amidine groups is 1. The van der Waals surface area contributed by atoms with E-state index in [9.17, 15) is 4.79 Å². The summed E-state index contributed by atoms with van der Waals surface area (Å²) in [7, 11) is 0. The highest BCUT2D eigenvalue weighted by atomic mass is 35.5. The molecule has 3 aromatic carbocycles. The van der Waals surface area contributed by atoms with Gasteiger partial charge in [0.2, 0.25) is 5.91 Å². The minimum absolute atomic E-state index is 0. The lowest BCUT2D eigenvalue weighted by molar-refractivity contribution is -0.116. The van der Waals surface area contributed by atoms with Crippen LogP contribution in [0.1, 0.15) is 42.5 Å². The van der Waals surface area contributed by atoms with Crippen LogP contribution in [0, 0.1) is 5.41 Å². The van der Waals surface area contributed by atoms with Crippen molar-refractivity contribution in [1.29, 1.82) is 5.41 Å². The quantitative estimate of drug-likeness (QED) is 0.356. The summed E-state index contributed by atoms with van der Waals surface area (Å²) in [6.07, 6.45) is 3.01. The van der Waals surface area contributed by atoms with Gasteiger partial charge in [0, 0.05) is 18.2 Å². The average molecular weight is 501 g/mol. The summed E-state index contributed by atoms with van der Waals surface area (Å²) >= 11 is 0. The highest BCUT2D eigenvalue weighted by molar-refractivity contribution is 5.99. The minimum Gasteiger partial charge on any atom is -0.490 e. The van der Waals surface area contributed by atoms with E-state index in [4.69, 9.17) is 15.9 Å². The number of carbonyl (C=O) groups excluding carboxylic acids is 1. The molecule has 1 unspecified atom stereocenters. The molecule has 2 aliphatic rings. The van der Waals surface area contributed by atoms with Gasteiger partial charge in [0.05, 0.1) is 6.04 Å². The van der Waals surface area contributed by atoms with Gasteiger partial charge in [0.1, 0.15) is 17.7 Å². The van der Waals surface area contributed by atoms with Crippen molar-refractivity contribution >= 4 is 53.0 Å². The summed E-state index contributed by atoms with van der Waals surface area (Å²) in [6, 6.07) is 18.1. The van der Waals surface area contributed by atoms with Gasteiger partial charge >= 0.3 is 0 Å². The highest BCUT2D eigenvalue weighted by Crippen LogP contribution is 2.42. The lowest BCUT2D eigenvalue weighted by Gasteiger charge is -2.25. The van der Waals surface area contributed by atoms with E-state index in [2.05, 4.69) is 29.6 Å². The fourth-order valence-electron chi connectivity index (χ4n) is 4.90. The number of nitrogen functional groups attached to an aromatic ring is 1. The molecule has 0 spiro atoms. The fourth-order valence-corrected chi connectivity index (χ4v) is 4.90. The maximum Gasteiger partial charge on any atom is 0.224 e. The summed E-state index contributed by atoms with van der Waals surface area (Å²) in [4.78, 5) is 14.5. The Labute approximate surface area is 212 Å². The third kappa shape index (κ3) is 4.99. The molecule has 1 atom stereocenters. The molecule has 2 aliphatic heterocycles. The standard InChI is InChI=1S/C26H28N4O2.2ClH/c1-16(31)30-24-7-6-23(32-22-8-10-29-11-9-22)14-21(24)15-25(30)18-4-2-17-3-5-19(26(27)28)13-20(17)12-18;;/h2-7,12-14,22,25,29H,8-11,15H2,1H3,(H3,27,28);2*1H. The lowest BCUT2D eigenvalue weighted by atomic mass is 9.97. The van der Waals surface area contributed by atoms with Crippen LogP contribution in [0.2, 0.25) is 0 Å². The highest BCUT2D eigenvalue weighted by Gasteiger charge is 2.33. The smallest absolute Gasteiger partial charge is 0.224 e. The number of amides is 1. The molecule has 3 aromatic rings. The van der Waals surface area contributed by atoms with Crippen molar-refractivity contribution in [2.45, 2.75) is 38.3 Å². The van der Waals surface area contributed by atoms with Crippen molar-refractivity contribution in [2.24, 2.45) is 5.73 Å². The van der Waals surface area contributed by atoms with Crippen LogP contribution in [-0.4, -0.2) is 30.9 Å².